The highest BCUT2D eigenvalue weighted by molar-refractivity contribution is 5.85. The second-order valence-electron chi connectivity index (χ2n) is 6.38. The van der Waals surface area contributed by atoms with E-state index in [1.807, 2.05) is 15.8 Å². The van der Waals surface area contributed by atoms with Crippen LogP contribution in [0.3, 0.4) is 0 Å². The number of carboxylic acid groups (broad SMARTS) is 1. The molecule has 0 radical (unpaired) electrons. The molecule has 0 saturated carbocycles. The largest absolute Gasteiger partial charge is 0.476 e. The van der Waals surface area contributed by atoms with E-state index in [1.54, 1.807) is 6.20 Å². The predicted octanol–water partition coefficient (Wildman–Crippen LogP) is 0.532. The highest BCUT2D eigenvalue weighted by Crippen LogP contribution is 2.09. The second-order valence-corrected chi connectivity index (χ2v) is 6.38. The first-order chi connectivity index (χ1) is 12.5. The van der Waals surface area contributed by atoms with Gasteiger partial charge in [0.15, 0.2) is 5.69 Å². The lowest BCUT2D eigenvalue weighted by molar-refractivity contribution is -0.133. The third kappa shape index (κ3) is 4.48. The van der Waals surface area contributed by atoms with Gasteiger partial charge in [-0.25, -0.2) is 4.79 Å². The Hall–Kier alpha value is -2.68. The first-order valence-electron chi connectivity index (χ1n) is 8.83. The Bertz CT molecular complexity index is 760. The summed E-state index contributed by atoms with van der Waals surface area (Å²) in [7, 11) is 0. The Morgan fingerprint density at radius 3 is 2.58 bits per heavy atom. The zero-order valence-electron chi connectivity index (χ0n) is 14.9. The van der Waals surface area contributed by atoms with Crippen molar-refractivity contribution in [3.05, 3.63) is 35.9 Å². The maximum Gasteiger partial charge on any atom is 0.356 e. The molecule has 0 aliphatic carbocycles. The average molecular weight is 360 g/mol. The van der Waals surface area contributed by atoms with Gasteiger partial charge in [0.05, 0.1) is 6.20 Å². The maximum absolute atomic E-state index is 12.4. The number of carbonyl (C=O) groups is 2. The molecule has 26 heavy (non-hydrogen) atoms. The molecule has 3 rings (SSSR count). The molecule has 0 unspecified atom stereocenters. The van der Waals surface area contributed by atoms with Crippen LogP contribution in [-0.4, -0.2) is 72.5 Å². The van der Waals surface area contributed by atoms with E-state index in [9.17, 15) is 9.59 Å². The molecule has 0 bridgehead atoms. The number of carbonyl (C=O) groups excluding carboxylic acids is 1. The Kier molecular flexibility index (Phi) is 5.67. The molecule has 1 fully saturated rings. The van der Waals surface area contributed by atoms with Crippen LogP contribution in [0.2, 0.25) is 0 Å². The van der Waals surface area contributed by atoms with E-state index in [0.29, 0.717) is 26.1 Å². The van der Waals surface area contributed by atoms with Crippen LogP contribution in [0.5, 0.6) is 0 Å². The van der Waals surface area contributed by atoms with Gasteiger partial charge in [0.1, 0.15) is 0 Å². The van der Waals surface area contributed by atoms with Crippen LogP contribution < -0.4 is 0 Å². The van der Waals surface area contributed by atoms with Crippen LogP contribution in [0, 0.1) is 0 Å². The second kappa shape index (κ2) is 8.13. The van der Waals surface area contributed by atoms with Crippen LogP contribution >= 0.6 is 0 Å². The number of rotatable bonds is 7. The number of aryl methyl sites for hydroxylation is 2. The number of aromatic nitrogens is 4. The summed E-state index contributed by atoms with van der Waals surface area (Å²) < 4.78 is 3.42. The monoisotopic (exact) mass is 360 g/mol. The number of nitrogens with zero attached hydrogens (tertiary/aromatic N) is 6. The van der Waals surface area contributed by atoms with Crippen molar-refractivity contribution < 1.29 is 14.7 Å². The minimum atomic E-state index is -1.06. The molecule has 9 nitrogen and oxygen atoms in total. The fourth-order valence-corrected chi connectivity index (χ4v) is 3.04. The van der Waals surface area contributed by atoms with Crippen molar-refractivity contribution in [1.29, 1.82) is 0 Å². The summed E-state index contributed by atoms with van der Waals surface area (Å²) in [6.07, 6.45) is 5.87. The Balaban J connectivity index is 1.42. The van der Waals surface area contributed by atoms with Gasteiger partial charge in [-0.2, -0.15) is 10.2 Å². The molecule has 0 aromatic carbocycles. The van der Waals surface area contributed by atoms with Crippen LogP contribution in [-0.2, 0) is 24.4 Å². The zero-order chi connectivity index (χ0) is 18.5. The lowest BCUT2D eigenvalue weighted by atomic mass is 10.2. The SMILES string of the molecule is CCn1cc(CN2CCN(C(=O)CCn3ccc(C(=O)O)n3)CC2)cn1. The van der Waals surface area contributed by atoms with Crippen LogP contribution in [0.25, 0.3) is 0 Å². The molecule has 140 valence electrons. The van der Waals surface area contributed by atoms with Gasteiger partial charge in [-0.3, -0.25) is 19.1 Å². The number of amides is 1. The Morgan fingerprint density at radius 2 is 1.96 bits per heavy atom. The van der Waals surface area contributed by atoms with Crippen LogP contribution in [0.1, 0.15) is 29.4 Å². The van der Waals surface area contributed by atoms with Crippen molar-refractivity contribution in [2.45, 2.75) is 33.0 Å². The average Bonchev–Trinajstić information content (AvgIpc) is 3.29. The zero-order valence-corrected chi connectivity index (χ0v) is 14.9. The standard InChI is InChI=1S/C17H24N6O3/c1-2-22-13-14(11-18-22)12-20-7-9-21(10-8-20)16(24)4-6-23-5-3-15(19-23)17(25)26/h3,5,11,13H,2,4,6-10,12H2,1H3,(H,25,26). The molecule has 1 amide bonds. The topological polar surface area (TPSA) is 96.5 Å². The van der Waals surface area contributed by atoms with Crippen molar-refractivity contribution in [3.8, 4) is 0 Å². The summed E-state index contributed by atoms with van der Waals surface area (Å²) in [4.78, 5) is 27.4. The van der Waals surface area contributed by atoms with Gasteiger partial charge >= 0.3 is 5.97 Å². The third-order valence-electron chi connectivity index (χ3n) is 4.56. The minimum Gasteiger partial charge on any atom is -0.476 e. The highest BCUT2D eigenvalue weighted by Gasteiger charge is 2.21. The van der Waals surface area contributed by atoms with E-state index >= 15 is 0 Å². The summed E-state index contributed by atoms with van der Waals surface area (Å²) in [5.74, 6) is -0.980. The lowest BCUT2D eigenvalue weighted by Gasteiger charge is -2.34. The van der Waals surface area contributed by atoms with Crippen molar-refractivity contribution in [1.82, 2.24) is 29.4 Å². The molecule has 1 aliphatic heterocycles. The maximum atomic E-state index is 12.4. The fourth-order valence-electron chi connectivity index (χ4n) is 3.04. The van der Waals surface area contributed by atoms with Crippen molar-refractivity contribution in [2.75, 3.05) is 26.2 Å². The van der Waals surface area contributed by atoms with Crippen molar-refractivity contribution in [3.63, 3.8) is 0 Å². The van der Waals surface area contributed by atoms with Gasteiger partial charge in [0.2, 0.25) is 5.91 Å². The number of hydrogen-bond donors (Lipinski definition) is 1. The lowest BCUT2D eigenvalue weighted by Crippen LogP contribution is -2.48. The van der Waals surface area contributed by atoms with Gasteiger partial charge in [0.25, 0.3) is 0 Å². The molecule has 0 spiro atoms. The van der Waals surface area contributed by atoms with Crippen LogP contribution in [0.15, 0.2) is 24.7 Å². The Labute approximate surface area is 151 Å². The minimum absolute atomic E-state index is 0.00235. The summed E-state index contributed by atoms with van der Waals surface area (Å²) >= 11 is 0. The summed E-state index contributed by atoms with van der Waals surface area (Å²) in [5, 5.41) is 17.1. The molecule has 1 N–H and O–H groups in total. The van der Waals surface area contributed by atoms with Crippen molar-refractivity contribution in [2.24, 2.45) is 0 Å². The number of aromatic carboxylic acids is 1. The van der Waals surface area contributed by atoms with Gasteiger partial charge in [-0.15, -0.1) is 0 Å². The molecule has 9 heteroatoms. The summed E-state index contributed by atoms with van der Waals surface area (Å²) in [6.45, 7) is 7.28. The van der Waals surface area contributed by atoms with E-state index in [1.165, 1.54) is 16.3 Å². The normalized spacial score (nSPS) is 15.3. The first-order valence-corrected chi connectivity index (χ1v) is 8.83. The number of hydrogen-bond acceptors (Lipinski definition) is 5. The molecule has 2 aromatic rings. The predicted molar refractivity (Wildman–Crippen MR) is 93.6 cm³/mol. The smallest absolute Gasteiger partial charge is 0.356 e. The van der Waals surface area contributed by atoms with E-state index in [0.717, 1.165) is 26.2 Å². The summed E-state index contributed by atoms with van der Waals surface area (Å²) in [6, 6.07) is 1.44. The Morgan fingerprint density at radius 1 is 1.19 bits per heavy atom. The molecule has 2 aromatic heterocycles. The molecule has 1 aliphatic rings. The summed E-state index contributed by atoms with van der Waals surface area (Å²) in [5.41, 5.74) is 1.19. The van der Waals surface area contributed by atoms with Gasteiger partial charge in [0, 0.05) is 70.2 Å². The fraction of sp³-hybridized carbons (Fsp3) is 0.529. The van der Waals surface area contributed by atoms with Gasteiger partial charge in [-0.05, 0) is 13.0 Å². The molecular weight excluding hydrogens is 336 g/mol. The first kappa shape index (κ1) is 18.1. The molecule has 0 atom stereocenters. The number of piperazine rings is 1. The van der Waals surface area contributed by atoms with Gasteiger partial charge in [-0.1, -0.05) is 0 Å². The highest BCUT2D eigenvalue weighted by atomic mass is 16.4. The molecule has 3 heterocycles. The van der Waals surface area contributed by atoms with E-state index < -0.39 is 5.97 Å². The molecular formula is C17H24N6O3. The van der Waals surface area contributed by atoms with E-state index in [-0.39, 0.29) is 11.6 Å². The van der Waals surface area contributed by atoms with E-state index in [4.69, 9.17) is 5.11 Å². The van der Waals surface area contributed by atoms with Crippen LogP contribution in [0.4, 0.5) is 0 Å². The third-order valence-corrected chi connectivity index (χ3v) is 4.56. The van der Waals surface area contributed by atoms with Crippen molar-refractivity contribution >= 4 is 11.9 Å². The molecule has 1 saturated heterocycles. The van der Waals surface area contributed by atoms with Gasteiger partial charge < -0.3 is 10.0 Å². The van der Waals surface area contributed by atoms with E-state index in [2.05, 4.69) is 28.2 Å². The number of carboxylic acids is 1. The quantitative estimate of drug-likeness (QED) is 0.774.